The first-order valence-corrected chi connectivity index (χ1v) is 9.40. The fourth-order valence-corrected chi connectivity index (χ4v) is 3.51. The lowest BCUT2D eigenvalue weighted by Crippen LogP contribution is -2.44. The average Bonchev–Trinajstić information content (AvgIpc) is 2.95. The van der Waals surface area contributed by atoms with E-state index < -0.39 is 29.7 Å². The summed E-state index contributed by atoms with van der Waals surface area (Å²) in [6.45, 7) is 1.48. The predicted octanol–water partition coefficient (Wildman–Crippen LogP) is 2.07. The van der Waals surface area contributed by atoms with E-state index in [2.05, 4.69) is 0 Å². The molecule has 0 saturated carbocycles. The van der Waals surface area contributed by atoms with Gasteiger partial charge in [0.2, 0.25) is 0 Å². The van der Waals surface area contributed by atoms with E-state index >= 15 is 0 Å². The highest BCUT2D eigenvalue weighted by Gasteiger charge is 2.51. The molecule has 0 fully saturated rings. The van der Waals surface area contributed by atoms with Gasteiger partial charge in [0, 0.05) is 11.1 Å². The lowest BCUT2D eigenvalue weighted by Gasteiger charge is -2.22. The van der Waals surface area contributed by atoms with Gasteiger partial charge >= 0.3 is 5.97 Å². The molecule has 8 heteroatoms. The second-order valence-corrected chi connectivity index (χ2v) is 6.74. The summed E-state index contributed by atoms with van der Waals surface area (Å²) in [4.78, 5) is 39.1. The summed E-state index contributed by atoms with van der Waals surface area (Å²) < 4.78 is 15.3. The number of hydrogen-bond donors (Lipinski definition) is 1. The van der Waals surface area contributed by atoms with Crippen LogP contribution >= 0.6 is 0 Å². The number of esters is 1. The molecule has 1 amide bonds. The monoisotopic (exact) mass is 413 g/mol. The molecule has 0 radical (unpaired) electrons. The number of nitrogens with zero attached hydrogens (tertiary/aromatic N) is 1. The Labute approximate surface area is 174 Å². The summed E-state index contributed by atoms with van der Waals surface area (Å²) in [5, 5.41) is 11.3. The average molecular weight is 413 g/mol. The van der Waals surface area contributed by atoms with Gasteiger partial charge < -0.3 is 19.3 Å². The zero-order chi connectivity index (χ0) is 21.9. The first-order chi connectivity index (χ1) is 14.3. The number of benzene rings is 2. The molecule has 0 aromatic heterocycles. The molecule has 0 aliphatic carbocycles. The Morgan fingerprint density at radius 3 is 2.43 bits per heavy atom. The summed E-state index contributed by atoms with van der Waals surface area (Å²) in [5.74, 6) is -0.991. The normalized spacial score (nSPS) is 17.5. The maximum absolute atomic E-state index is 13.1. The molecule has 1 atom stereocenters. The van der Waals surface area contributed by atoms with Crippen molar-refractivity contribution in [1.29, 1.82) is 0 Å². The van der Waals surface area contributed by atoms with Crippen LogP contribution in [-0.2, 0) is 19.9 Å². The largest absolute Gasteiger partial charge is 0.493 e. The van der Waals surface area contributed by atoms with Gasteiger partial charge in [-0.15, -0.1) is 0 Å². The predicted molar refractivity (Wildman–Crippen MR) is 108 cm³/mol. The Balaban J connectivity index is 1.92. The molecule has 1 N–H and O–H groups in total. The molecule has 1 aliphatic heterocycles. The minimum Gasteiger partial charge on any atom is -0.493 e. The van der Waals surface area contributed by atoms with Crippen LogP contribution in [0.3, 0.4) is 0 Å². The SMILES string of the molecule is CCOC(=O)CN1C(=O)C(O)(CC(=O)c2ccc(OC)c(OC)c2)c2ccccc21. The molecule has 0 saturated heterocycles. The van der Waals surface area contributed by atoms with Crippen molar-refractivity contribution in [2.24, 2.45) is 0 Å². The van der Waals surface area contributed by atoms with Crippen molar-refractivity contribution in [2.45, 2.75) is 18.9 Å². The number of fused-ring (bicyclic) bond motifs is 1. The van der Waals surface area contributed by atoms with Crippen molar-refractivity contribution in [3.8, 4) is 11.5 Å². The number of anilines is 1. The van der Waals surface area contributed by atoms with E-state index in [-0.39, 0.29) is 24.3 Å². The third-order valence-corrected chi connectivity index (χ3v) is 4.95. The van der Waals surface area contributed by atoms with E-state index in [9.17, 15) is 19.5 Å². The summed E-state index contributed by atoms with van der Waals surface area (Å²) in [6.07, 6.45) is -0.488. The van der Waals surface area contributed by atoms with Crippen LogP contribution in [0.2, 0.25) is 0 Å². The van der Waals surface area contributed by atoms with E-state index in [1.165, 1.54) is 26.4 Å². The minimum atomic E-state index is -2.09. The Morgan fingerprint density at radius 1 is 1.07 bits per heavy atom. The number of carbonyl (C=O) groups is 3. The number of carbonyl (C=O) groups excluding carboxylic acids is 3. The first kappa shape index (κ1) is 21.3. The van der Waals surface area contributed by atoms with Crippen molar-refractivity contribution in [2.75, 3.05) is 32.3 Å². The quantitative estimate of drug-likeness (QED) is 0.522. The Hall–Kier alpha value is -3.39. The first-order valence-electron chi connectivity index (χ1n) is 9.40. The molecule has 158 valence electrons. The molecule has 2 aromatic rings. The Kier molecular flexibility index (Phi) is 6.07. The summed E-state index contributed by atoms with van der Waals surface area (Å²) in [6, 6.07) is 11.1. The summed E-state index contributed by atoms with van der Waals surface area (Å²) >= 11 is 0. The number of ketones is 1. The molecular weight excluding hydrogens is 390 g/mol. The van der Waals surface area contributed by atoms with Crippen LogP contribution in [0.4, 0.5) is 5.69 Å². The molecule has 30 heavy (non-hydrogen) atoms. The third kappa shape index (κ3) is 3.73. The Bertz CT molecular complexity index is 987. The Morgan fingerprint density at radius 2 is 1.77 bits per heavy atom. The minimum absolute atomic E-state index is 0.171. The van der Waals surface area contributed by atoms with Crippen LogP contribution in [-0.4, -0.2) is 50.1 Å². The van der Waals surface area contributed by atoms with E-state index in [4.69, 9.17) is 14.2 Å². The van der Waals surface area contributed by atoms with Gasteiger partial charge in [-0.25, -0.2) is 0 Å². The van der Waals surface area contributed by atoms with Crippen molar-refractivity contribution in [3.05, 3.63) is 53.6 Å². The van der Waals surface area contributed by atoms with Crippen LogP contribution in [0.1, 0.15) is 29.3 Å². The van der Waals surface area contributed by atoms with E-state index in [0.29, 0.717) is 17.2 Å². The molecule has 2 aromatic carbocycles. The smallest absolute Gasteiger partial charge is 0.326 e. The number of para-hydroxylation sites is 1. The number of methoxy groups -OCH3 is 2. The van der Waals surface area contributed by atoms with Crippen LogP contribution in [0.25, 0.3) is 0 Å². The molecule has 1 heterocycles. The molecule has 0 bridgehead atoms. The highest BCUT2D eigenvalue weighted by Crippen LogP contribution is 2.43. The van der Waals surface area contributed by atoms with Gasteiger partial charge in [0.05, 0.1) is 32.9 Å². The maximum Gasteiger partial charge on any atom is 0.326 e. The highest BCUT2D eigenvalue weighted by atomic mass is 16.5. The van der Waals surface area contributed by atoms with Gasteiger partial charge in [-0.1, -0.05) is 18.2 Å². The van der Waals surface area contributed by atoms with Crippen LogP contribution < -0.4 is 14.4 Å². The zero-order valence-electron chi connectivity index (χ0n) is 17.0. The molecule has 1 unspecified atom stereocenters. The second kappa shape index (κ2) is 8.54. The molecular formula is C22H23NO7. The summed E-state index contributed by atoms with van der Waals surface area (Å²) in [5.41, 5.74) is -1.19. The highest BCUT2D eigenvalue weighted by molar-refractivity contribution is 6.12. The van der Waals surface area contributed by atoms with Gasteiger partial charge in [0.1, 0.15) is 6.54 Å². The van der Waals surface area contributed by atoms with E-state index in [0.717, 1.165) is 4.90 Å². The van der Waals surface area contributed by atoms with Gasteiger partial charge in [-0.2, -0.15) is 0 Å². The topological polar surface area (TPSA) is 102 Å². The fourth-order valence-electron chi connectivity index (χ4n) is 3.51. The van der Waals surface area contributed by atoms with Crippen molar-refractivity contribution in [1.82, 2.24) is 0 Å². The maximum atomic E-state index is 13.1. The molecule has 1 aliphatic rings. The number of ether oxygens (including phenoxy) is 3. The van der Waals surface area contributed by atoms with E-state index in [1.54, 1.807) is 37.3 Å². The number of amides is 1. The van der Waals surface area contributed by atoms with Gasteiger partial charge in [0.15, 0.2) is 22.9 Å². The fraction of sp³-hybridized carbons (Fsp3) is 0.318. The molecule has 8 nitrogen and oxygen atoms in total. The van der Waals surface area contributed by atoms with E-state index in [1.807, 2.05) is 0 Å². The van der Waals surface area contributed by atoms with Gasteiger partial charge in [-0.05, 0) is 31.2 Å². The van der Waals surface area contributed by atoms with Crippen molar-refractivity contribution in [3.63, 3.8) is 0 Å². The molecule has 0 spiro atoms. The lowest BCUT2D eigenvalue weighted by atomic mass is 9.88. The standard InChI is InChI=1S/C22H23NO7/c1-4-30-20(25)13-23-16-8-6-5-7-15(16)22(27,21(23)26)12-17(24)14-9-10-18(28-2)19(11-14)29-3/h5-11,27H,4,12-13H2,1-3H3. The van der Waals surface area contributed by atoms with Crippen LogP contribution in [0.15, 0.2) is 42.5 Å². The van der Waals surface area contributed by atoms with Crippen LogP contribution in [0.5, 0.6) is 11.5 Å². The van der Waals surface area contributed by atoms with Gasteiger partial charge in [0.25, 0.3) is 5.91 Å². The van der Waals surface area contributed by atoms with Crippen molar-refractivity contribution < 1.29 is 33.7 Å². The summed E-state index contributed by atoms with van der Waals surface area (Å²) in [7, 11) is 2.93. The zero-order valence-corrected chi connectivity index (χ0v) is 17.0. The molecule has 3 rings (SSSR count). The number of hydrogen-bond acceptors (Lipinski definition) is 7. The van der Waals surface area contributed by atoms with Gasteiger partial charge in [-0.3, -0.25) is 19.3 Å². The number of Topliss-reactive ketones (excluding diaryl/α,β-unsaturated/α-hetero) is 1. The lowest BCUT2D eigenvalue weighted by molar-refractivity contribution is -0.144. The number of aliphatic hydroxyl groups is 1. The number of rotatable bonds is 8. The van der Waals surface area contributed by atoms with Crippen molar-refractivity contribution >= 4 is 23.3 Å². The second-order valence-electron chi connectivity index (χ2n) is 6.74. The third-order valence-electron chi connectivity index (χ3n) is 4.95. The van der Waals surface area contributed by atoms with Crippen LogP contribution in [0, 0.1) is 0 Å².